The fraction of sp³-hybridized carbons (Fsp3) is 0.111. The number of anilines is 1. The number of methoxy groups -OCH3 is 1. The Bertz CT molecular complexity index is 801. The van der Waals surface area contributed by atoms with E-state index in [9.17, 15) is 4.79 Å². The van der Waals surface area contributed by atoms with E-state index in [1.54, 1.807) is 25.3 Å². The molecular weight excluding hydrogens is 308 g/mol. The van der Waals surface area contributed by atoms with E-state index in [1.165, 1.54) is 12.7 Å². The molecule has 1 heterocycles. The quantitative estimate of drug-likeness (QED) is 0.751. The van der Waals surface area contributed by atoms with Gasteiger partial charge in [-0.3, -0.25) is 4.79 Å². The van der Waals surface area contributed by atoms with Crippen molar-refractivity contribution in [3.8, 4) is 11.5 Å². The van der Waals surface area contributed by atoms with Crippen LogP contribution in [0.25, 0.3) is 0 Å². The van der Waals surface area contributed by atoms with Crippen molar-refractivity contribution in [3.63, 3.8) is 0 Å². The predicted octanol–water partition coefficient (Wildman–Crippen LogP) is 3.51. The lowest BCUT2D eigenvalue weighted by atomic mass is 10.2. The molecule has 0 saturated heterocycles. The fourth-order valence-electron chi connectivity index (χ4n) is 2.10. The highest BCUT2D eigenvalue weighted by Gasteiger charge is 2.13. The van der Waals surface area contributed by atoms with Gasteiger partial charge in [-0.1, -0.05) is 30.3 Å². The molecule has 3 aromatic rings. The number of hydrogen-bond acceptors (Lipinski definition) is 5. The third-order valence-electron chi connectivity index (χ3n) is 3.34. The number of aromatic nitrogens is 1. The molecule has 0 atom stereocenters. The first-order valence-electron chi connectivity index (χ1n) is 7.30. The predicted molar refractivity (Wildman–Crippen MR) is 88.2 cm³/mol. The number of nitrogens with zero attached hydrogens (tertiary/aromatic N) is 1. The van der Waals surface area contributed by atoms with E-state index in [1.807, 2.05) is 30.3 Å². The summed E-state index contributed by atoms with van der Waals surface area (Å²) in [4.78, 5) is 16.0. The lowest BCUT2D eigenvalue weighted by molar-refractivity contribution is 0.102. The normalized spacial score (nSPS) is 10.2. The number of carbonyl (C=O) groups excluding carboxylic acids is 1. The third kappa shape index (κ3) is 3.73. The first kappa shape index (κ1) is 15.6. The maximum Gasteiger partial charge on any atom is 0.277 e. The average molecular weight is 324 g/mol. The second-order valence-electron chi connectivity index (χ2n) is 4.96. The van der Waals surface area contributed by atoms with Crippen LogP contribution in [0.3, 0.4) is 0 Å². The molecule has 6 heteroatoms. The first-order valence-corrected chi connectivity index (χ1v) is 7.30. The molecule has 24 heavy (non-hydrogen) atoms. The summed E-state index contributed by atoms with van der Waals surface area (Å²) in [6.45, 7) is 0.376. The molecule has 0 unspecified atom stereocenters. The first-order chi connectivity index (χ1) is 11.8. The molecule has 3 rings (SSSR count). The SMILES string of the molecule is COc1ccc(NC(=O)c2cocn2)c(OCc2ccccc2)c1. The Hall–Kier alpha value is -3.28. The van der Waals surface area contributed by atoms with Gasteiger partial charge in [0.15, 0.2) is 12.1 Å². The number of rotatable bonds is 6. The van der Waals surface area contributed by atoms with Gasteiger partial charge in [-0.05, 0) is 17.7 Å². The highest BCUT2D eigenvalue weighted by Crippen LogP contribution is 2.30. The zero-order valence-corrected chi connectivity index (χ0v) is 13.1. The van der Waals surface area contributed by atoms with Gasteiger partial charge in [0.05, 0.1) is 12.8 Å². The smallest absolute Gasteiger partial charge is 0.277 e. The van der Waals surface area contributed by atoms with Gasteiger partial charge in [0.25, 0.3) is 5.91 Å². The van der Waals surface area contributed by atoms with Crippen molar-refractivity contribution >= 4 is 11.6 Å². The third-order valence-corrected chi connectivity index (χ3v) is 3.34. The van der Waals surface area contributed by atoms with Crippen LogP contribution in [0.1, 0.15) is 16.1 Å². The Morgan fingerprint density at radius 1 is 1.21 bits per heavy atom. The van der Waals surface area contributed by atoms with Gasteiger partial charge >= 0.3 is 0 Å². The second-order valence-corrected chi connectivity index (χ2v) is 4.96. The van der Waals surface area contributed by atoms with E-state index in [4.69, 9.17) is 13.9 Å². The topological polar surface area (TPSA) is 73.6 Å². The van der Waals surface area contributed by atoms with Gasteiger partial charge in [0.1, 0.15) is 24.4 Å². The van der Waals surface area contributed by atoms with Crippen LogP contribution in [0.2, 0.25) is 0 Å². The van der Waals surface area contributed by atoms with E-state index in [2.05, 4.69) is 10.3 Å². The highest BCUT2D eigenvalue weighted by atomic mass is 16.5. The summed E-state index contributed by atoms with van der Waals surface area (Å²) in [5.41, 5.74) is 1.74. The van der Waals surface area contributed by atoms with Crippen molar-refractivity contribution in [2.24, 2.45) is 0 Å². The summed E-state index contributed by atoms with van der Waals surface area (Å²) in [7, 11) is 1.57. The van der Waals surface area contributed by atoms with Crippen LogP contribution in [-0.2, 0) is 6.61 Å². The maximum absolute atomic E-state index is 12.1. The summed E-state index contributed by atoms with van der Waals surface area (Å²) in [5, 5.41) is 2.76. The largest absolute Gasteiger partial charge is 0.497 e. The van der Waals surface area contributed by atoms with E-state index in [0.717, 1.165) is 5.56 Å². The Balaban J connectivity index is 1.79. The molecule has 0 saturated carbocycles. The Morgan fingerprint density at radius 3 is 2.75 bits per heavy atom. The molecular formula is C18H16N2O4. The maximum atomic E-state index is 12.1. The molecule has 0 spiro atoms. The average Bonchev–Trinajstić information content (AvgIpc) is 3.16. The number of carbonyl (C=O) groups is 1. The van der Waals surface area contributed by atoms with Crippen molar-refractivity contribution < 1.29 is 18.7 Å². The van der Waals surface area contributed by atoms with Crippen LogP contribution in [-0.4, -0.2) is 18.0 Å². The molecule has 0 fully saturated rings. The Morgan fingerprint density at radius 2 is 2.04 bits per heavy atom. The van der Waals surface area contributed by atoms with Gasteiger partial charge in [-0.25, -0.2) is 4.98 Å². The van der Waals surface area contributed by atoms with Crippen molar-refractivity contribution in [3.05, 3.63) is 72.4 Å². The van der Waals surface area contributed by atoms with Crippen LogP contribution in [0.15, 0.2) is 65.6 Å². The molecule has 0 aliphatic rings. The van der Waals surface area contributed by atoms with Crippen LogP contribution in [0.4, 0.5) is 5.69 Å². The number of ether oxygens (including phenoxy) is 2. The molecule has 6 nitrogen and oxygen atoms in total. The van der Waals surface area contributed by atoms with Crippen LogP contribution < -0.4 is 14.8 Å². The summed E-state index contributed by atoms with van der Waals surface area (Å²) >= 11 is 0. The van der Waals surface area contributed by atoms with Crippen LogP contribution in [0.5, 0.6) is 11.5 Å². The van der Waals surface area contributed by atoms with E-state index >= 15 is 0 Å². The summed E-state index contributed by atoms with van der Waals surface area (Å²) in [6.07, 6.45) is 2.49. The molecule has 0 bridgehead atoms. The van der Waals surface area contributed by atoms with Crippen molar-refractivity contribution in [2.75, 3.05) is 12.4 Å². The molecule has 1 aromatic heterocycles. The van der Waals surface area contributed by atoms with Crippen LogP contribution >= 0.6 is 0 Å². The minimum absolute atomic E-state index is 0.194. The van der Waals surface area contributed by atoms with Crippen LogP contribution in [0, 0.1) is 0 Å². The summed E-state index contributed by atoms with van der Waals surface area (Å²) in [6, 6.07) is 14.9. The summed E-state index contributed by atoms with van der Waals surface area (Å²) < 4.78 is 15.9. The van der Waals surface area contributed by atoms with Gasteiger partial charge in [-0.15, -0.1) is 0 Å². The zero-order valence-electron chi connectivity index (χ0n) is 13.1. The monoisotopic (exact) mass is 324 g/mol. The van der Waals surface area contributed by atoms with Crippen molar-refractivity contribution in [2.45, 2.75) is 6.61 Å². The lowest BCUT2D eigenvalue weighted by Crippen LogP contribution is -2.13. The zero-order chi connectivity index (χ0) is 16.8. The summed E-state index contributed by atoms with van der Waals surface area (Å²) in [5.74, 6) is 0.769. The minimum atomic E-state index is -0.376. The Labute approximate surface area is 139 Å². The van der Waals surface area contributed by atoms with Gasteiger partial charge < -0.3 is 19.2 Å². The van der Waals surface area contributed by atoms with E-state index in [0.29, 0.717) is 23.8 Å². The fourth-order valence-corrected chi connectivity index (χ4v) is 2.10. The molecule has 1 N–H and O–H groups in total. The molecule has 0 aliphatic carbocycles. The molecule has 122 valence electrons. The molecule has 1 amide bonds. The number of oxazole rings is 1. The number of benzene rings is 2. The van der Waals surface area contributed by atoms with Crippen molar-refractivity contribution in [1.82, 2.24) is 4.98 Å². The molecule has 0 radical (unpaired) electrons. The van der Waals surface area contributed by atoms with E-state index < -0.39 is 0 Å². The number of nitrogens with one attached hydrogen (secondary N) is 1. The van der Waals surface area contributed by atoms with Gasteiger partial charge in [-0.2, -0.15) is 0 Å². The number of amides is 1. The van der Waals surface area contributed by atoms with Gasteiger partial charge in [0.2, 0.25) is 0 Å². The Kier molecular flexibility index (Phi) is 4.76. The van der Waals surface area contributed by atoms with Gasteiger partial charge in [0, 0.05) is 6.07 Å². The lowest BCUT2D eigenvalue weighted by Gasteiger charge is -2.13. The molecule has 2 aromatic carbocycles. The molecule has 0 aliphatic heterocycles. The van der Waals surface area contributed by atoms with E-state index in [-0.39, 0.29) is 11.6 Å². The second kappa shape index (κ2) is 7.32. The highest BCUT2D eigenvalue weighted by molar-refractivity contribution is 6.03. The standard InChI is InChI=1S/C18H16N2O4/c1-22-14-7-8-15(20-18(21)16-11-23-12-19-16)17(9-14)24-10-13-5-3-2-4-6-13/h2-9,11-12H,10H2,1H3,(H,20,21). The number of hydrogen-bond donors (Lipinski definition) is 1. The minimum Gasteiger partial charge on any atom is -0.497 e. The van der Waals surface area contributed by atoms with Crippen molar-refractivity contribution in [1.29, 1.82) is 0 Å².